The third-order valence-corrected chi connectivity index (χ3v) is 9.78. The maximum atomic E-state index is 11.7. The van der Waals surface area contributed by atoms with E-state index in [0.29, 0.717) is 51.2 Å². The standard InChI is InChI=1S/C21H28O7.C14H20O3.C7H12O2.C7H8O.C4H2O3.C3H6O/c1-16(22)14-26-20(24)12-13-21(25)28-17(2)8-6-7-11-19(23)27-15-18-9-4-3-5-10-18;1-12(15)7-5-6-10-14(16)17-11-13-8-3-2-4-9-13;1-6-4-2-3-5-7(8)9-6;8-6-7-4-2-1-3-5-7;5-3-1-2-4(6)7-3;1-3-2-4-3/h3-5,9-10,12-13,16-17,22H,6-8,11,14-15H2,1-2H3;2-4,8-9,12,15H,5-7,10-11H2,1H3;6H,2-5H2,1H3;1-5,8H,6H2;1-2H;3H,2H2,1H3/b13-12-;;;;;. The minimum absolute atomic E-state index is 0.0278. The first-order chi connectivity index (χ1) is 34.9. The van der Waals surface area contributed by atoms with Crippen LogP contribution in [0.4, 0.5) is 0 Å². The Balaban J connectivity index is 0.000000494. The number of epoxide rings is 1. The Morgan fingerprint density at radius 1 is 0.630 bits per heavy atom. The fourth-order valence-corrected chi connectivity index (χ4v) is 5.74. The van der Waals surface area contributed by atoms with Gasteiger partial charge in [-0.05, 0) is 103 Å². The summed E-state index contributed by atoms with van der Waals surface area (Å²) in [6.07, 6.45) is 12.3. The fourth-order valence-electron chi connectivity index (χ4n) is 5.74. The van der Waals surface area contributed by atoms with Gasteiger partial charge in [0.15, 0.2) is 0 Å². The number of hydrogen-bond acceptors (Lipinski definition) is 17. The second kappa shape index (κ2) is 41.0. The number of rotatable bonds is 20. The molecule has 0 aliphatic carbocycles. The molecule has 2 saturated heterocycles. The van der Waals surface area contributed by atoms with Crippen molar-refractivity contribution in [3.8, 4) is 0 Å². The molecule has 3 N–H and O–H groups in total. The molecule has 2 fully saturated rings. The van der Waals surface area contributed by atoms with Gasteiger partial charge in [-0.1, -0.05) is 97.4 Å². The minimum Gasteiger partial charge on any atom is -0.463 e. The molecule has 0 aromatic heterocycles. The van der Waals surface area contributed by atoms with Gasteiger partial charge in [-0.15, -0.1) is 0 Å². The molecule has 17 heteroatoms. The van der Waals surface area contributed by atoms with Crippen molar-refractivity contribution in [3.05, 3.63) is 132 Å². The average molecular weight is 1020 g/mol. The zero-order valence-corrected chi connectivity index (χ0v) is 42.9. The minimum atomic E-state index is -0.764. The van der Waals surface area contributed by atoms with Crippen LogP contribution in [0.25, 0.3) is 0 Å². The van der Waals surface area contributed by atoms with E-state index in [1.54, 1.807) is 13.8 Å². The van der Waals surface area contributed by atoms with E-state index in [0.717, 1.165) is 86.1 Å². The second-order valence-corrected chi connectivity index (χ2v) is 17.1. The summed E-state index contributed by atoms with van der Waals surface area (Å²) in [5.41, 5.74) is 2.91. The van der Waals surface area contributed by atoms with E-state index in [-0.39, 0.29) is 56.0 Å². The highest BCUT2D eigenvalue weighted by atomic mass is 16.6. The van der Waals surface area contributed by atoms with Crippen molar-refractivity contribution in [2.45, 2.75) is 162 Å². The smallest absolute Gasteiger partial charge is 0.338 e. The van der Waals surface area contributed by atoms with Crippen molar-refractivity contribution in [2.75, 3.05) is 13.2 Å². The Hall–Kier alpha value is -6.53. The van der Waals surface area contributed by atoms with Gasteiger partial charge in [-0.25, -0.2) is 19.2 Å². The van der Waals surface area contributed by atoms with Crippen molar-refractivity contribution in [1.29, 1.82) is 0 Å². The van der Waals surface area contributed by atoms with E-state index < -0.39 is 30.0 Å². The van der Waals surface area contributed by atoms with Gasteiger partial charge in [-0.2, -0.15) is 0 Å². The van der Waals surface area contributed by atoms with Gasteiger partial charge in [0.1, 0.15) is 19.8 Å². The highest BCUT2D eigenvalue weighted by Crippen LogP contribution is 2.13. The number of aliphatic hydroxyl groups excluding tert-OH is 3. The van der Waals surface area contributed by atoms with Gasteiger partial charge in [0.25, 0.3) is 0 Å². The molecule has 0 radical (unpaired) electrons. The first kappa shape index (κ1) is 64.5. The van der Waals surface area contributed by atoms with E-state index in [2.05, 4.69) is 16.4 Å². The number of benzene rings is 3. The first-order valence-electron chi connectivity index (χ1n) is 24.7. The third kappa shape index (κ3) is 40.7. The molecule has 3 heterocycles. The van der Waals surface area contributed by atoms with E-state index in [9.17, 15) is 33.6 Å². The zero-order chi connectivity index (χ0) is 54.1. The van der Waals surface area contributed by atoms with Crippen LogP contribution in [0.3, 0.4) is 0 Å². The number of carbonyl (C=O) groups excluding carboxylic acids is 7. The van der Waals surface area contributed by atoms with Crippen LogP contribution in [0.2, 0.25) is 0 Å². The summed E-state index contributed by atoms with van der Waals surface area (Å²) in [5.74, 6) is -2.98. The number of cyclic esters (lactones) is 3. The van der Waals surface area contributed by atoms with Gasteiger partial charge < -0.3 is 48.5 Å². The summed E-state index contributed by atoms with van der Waals surface area (Å²) in [4.78, 5) is 76.5. The van der Waals surface area contributed by atoms with E-state index in [1.165, 1.54) is 6.92 Å². The average Bonchev–Trinajstić information content (AvgIpc) is 4.12. The Kier molecular flexibility index (Phi) is 36.2. The summed E-state index contributed by atoms with van der Waals surface area (Å²) in [5, 5.41) is 26.6. The largest absolute Gasteiger partial charge is 0.463 e. The molecule has 17 nitrogen and oxygen atoms in total. The molecule has 0 spiro atoms. The molecule has 6 rings (SSSR count). The molecule has 3 aliphatic rings. The molecule has 5 unspecified atom stereocenters. The second-order valence-electron chi connectivity index (χ2n) is 17.1. The topological polar surface area (TPSA) is 248 Å². The fraction of sp³-hybridized carbons (Fsp3) is 0.482. The van der Waals surface area contributed by atoms with Crippen LogP contribution in [0.15, 0.2) is 115 Å². The Labute approximate surface area is 429 Å². The lowest BCUT2D eigenvalue weighted by Crippen LogP contribution is -2.15. The summed E-state index contributed by atoms with van der Waals surface area (Å²) < 4.78 is 33.8. The highest BCUT2D eigenvalue weighted by molar-refractivity contribution is 6.04. The quantitative estimate of drug-likeness (QED) is 0.0242. The molecular formula is C56H76O17. The molecule has 73 heavy (non-hydrogen) atoms. The van der Waals surface area contributed by atoms with Crippen LogP contribution >= 0.6 is 0 Å². The first-order valence-corrected chi connectivity index (χ1v) is 24.7. The Morgan fingerprint density at radius 2 is 1.10 bits per heavy atom. The van der Waals surface area contributed by atoms with Crippen molar-refractivity contribution in [3.63, 3.8) is 0 Å². The van der Waals surface area contributed by atoms with Gasteiger partial charge in [0.05, 0.1) is 43.7 Å². The lowest BCUT2D eigenvalue weighted by Gasteiger charge is -2.11. The van der Waals surface area contributed by atoms with Gasteiger partial charge in [-0.3, -0.25) is 14.4 Å². The molecule has 3 aromatic carbocycles. The summed E-state index contributed by atoms with van der Waals surface area (Å²) in [7, 11) is 0. The van der Waals surface area contributed by atoms with Crippen LogP contribution in [-0.4, -0.2) is 101 Å². The zero-order valence-electron chi connectivity index (χ0n) is 42.9. The van der Waals surface area contributed by atoms with E-state index in [4.69, 9.17) is 39.0 Å². The van der Waals surface area contributed by atoms with Crippen molar-refractivity contribution >= 4 is 41.8 Å². The van der Waals surface area contributed by atoms with Crippen molar-refractivity contribution in [2.24, 2.45) is 0 Å². The van der Waals surface area contributed by atoms with Crippen LogP contribution in [0.1, 0.15) is 128 Å². The van der Waals surface area contributed by atoms with Crippen molar-refractivity contribution < 1.29 is 82.0 Å². The number of carbonyl (C=O) groups is 7. The van der Waals surface area contributed by atoms with Gasteiger partial charge in [0, 0.05) is 43.6 Å². The molecule has 0 bridgehead atoms. The van der Waals surface area contributed by atoms with Crippen molar-refractivity contribution in [1.82, 2.24) is 0 Å². The SMILES string of the molecule is CC(O)CCCCC(=O)OCc1ccccc1.CC(O)COC(=O)/C=C\C(=O)OC(C)CCCCC(=O)OCc1ccccc1.CC1CCCCC(=O)O1.CC1CO1.O=C1C=CC(=O)O1.OCc1ccccc1. The molecule has 3 aliphatic heterocycles. The van der Waals surface area contributed by atoms with Gasteiger partial charge in [0.2, 0.25) is 0 Å². The lowest BCUT2D eigenvalue weighted by molar-refractivity contribution is -0.151. The van der Waals surface area contributed by atoms with Crippen LogP contribution in [0.5, 0.6) is 0 Å². The molecule has 5 atom stereocenters. The van der Waals surface area contributed by atoms with Crippen LogP contribution in [0, 0.1) is 0 Å². The normalized spacial score (nSPS) is 16.2. The molecule has 402 valence electrons. The molecule has 0 amide bonds. The predicted molar refractivity (Wildman–Crippen MR) is 270 cm³/mol. The summed E-state index contributed by atoms with van der Waals surface area (Å²) >= 11 is 0. The Bertz CT molecular complexity index is 2030. The number of hydrogen-bond donors (Lipinski definition) is 3. The van der Waals surface area contributed by atoms with Crippen LogP contribution < -0.4 is 0 Å². The summed E-state index contributed by atoms with van der Waals surface area (Å²) in [6, 6.07) is 28.6. The maximum Gasteiger partial charge on any atom is 0.338 e. The molecule has 3 aromatic rings. The highest BCUT2D eigenvalue weighted by Gasteiger charge is 2.14. The number of esters is 7. The Morgan fingerprint density at radius 3 is 1.51 bits per heavy atom. The maximum absolute atomic E-state index is 11.7. The third-order valence-electron chi connectivity index (χ3n) is 9.78. The number of ether oxygens (including phenoxy) is 7. The van der Waals surface area contributed by atoms with E-state index in [1.807, 2.05) is 97.9 Å². The monoisotopic (exact) mass is 1020 g/mol. The number of aliphatic hydroxyl groups is 3. The van der Waals surface area contributed by atoms with Gasteiger partial charge >= 0.3 is 41.8 Å². The number of unbranched alkanes of at least 4 members (excludes halogenated alkanes) is 2. The van der Waals surface area contributed by atoms with E-state index >= 15 is 0 Å². The molecule has 0 saturated carbocycles. The van der Waals surface area contributed by atoms with Crippen LogP contribution in [-0.2, 0) is 86.5 Å². The summed E-state index contributed by atoms with van der Waals surface area (Å²) in [6.45, 7) is 10.6. The lowest BCUT2D eigenvalue weighted by atomic mass is 10.1. The molecular weight excluding hydrogens is 945 g/mol. The predicted octanol–water partition coefficient (Wildman–Crippen LogP) is 8.08.